The second-order valence-electron chi connectivity index (χ2n) is 6.96. The van der Waals surface area contributed by atoms with Crippen LogP contribution in [0.15, 0.2) is 18.2 Å². The second-order valence-corrected chi connectivity index (χ2v) is 6.96. The van der Waals surface area contributed by atoms with E-state index in [-0.39, 0.29) is 0 Å². The minimum atomic E-state index is 0.536. The topological polar surface area (TPSA) is 15.3 Å². The standard InChI is InChI=1S/C17H26N2/c1-17(2)7-3-10-19(11-8-17)13-14-4-5-15-6-9-18-16(15)12-14/h4-5,12,18H,3,6-11,13H2,1-2H3. The molecule has 1 N–H and O–H groups in total. The molecule has 2 aliphatic rings. The molecule has 3 rings (SSSR count). The van der Waals surface area contributed by atoms with Gasteiger partial charge in [-0.3, -0.25) is 4.90 Å². The van der Waals surface area contributed by atoms with E-state index in [9.17, 15) is 0 Å². The Bertz CT molecular complexity index is 451. The molecule has 0 radical (unpaired) electrons. The molecular weight excluding hydrogens is 232 g/mol. The monoisotopic (exact) mass is 258 g/mol. The summed E-state index contributed by atoms with van der Waals surface area (Å²) >= 11 is 0. The van der Waals surface area contributed by atoms with Gasteiger partial charge in [0.15, 0.2) is 0 Å². The Morgan fingerprint density at radius 1 is 1.21 bits per heavy atom. The largest absolute Gasteiger partial charge is 0.384 e. The smallest absolute Gasteiger partial charge is 0.0376 e. The first-order valence-corrected chi connectivity index (χ1v) is 7.70. The zero-order valence-electron chi connectivity index (χ0n) is 12.3. The molecule has 1 fully saturated rings. The van der Waals surface area contributed by atoms with E-state index in [0.29, 0.717) is 5.41 Å². The van der Waals surface area contributed by atoms with E-state index in [2.05, 4.69) is 42.3 Å². The van der Waals surface area contributed by atoms with E-state index < -0.39 is 0 Å². The lowest BCUT2D eigenvalue weighted by atomic mass is 9.85. The lowest BCUT2D eigenvalue weighted by Crippen LogP contribution is -2.25. The van der Waals surface area contributed by atoms with E-state index in [1.54, 1.807) is 0 Å². The van der Waals surface area contributed by atoms with Gasteiger partial charge in [-0.05, 0) is 61.4 Å². The highest BCUT2D eigenvalue weighted by Gasteiger charge is 2.23. The van der Waals surface area contributed by atoms with Gasteiger partial charge >= 0.3 is 0 Å². The summed E-state index contributed by atoms with van der Waals surface area (Å²) in [5.74, 6) is 0. The van der Waals surface area contributed by atoms with Gasteiger partial charge in [-0.25, -0.2) is 0 Å². The Morgan fingerprint density at radius 3 is 3.00 bits per heavy atom. The van der Waals surface area contributed by atoms with E-state index >= 15 is 0 Å². The fraction of sp³-hybridized carbons (Fsp3) is 0.647. The minimum Gasteiger partial charge on any atom is -0.384 e. The van der Waals surface area contributed by atoms with Gasteiger partial charge in [0.2, 0.25) is 0 Å². The zero-order chi connectivity index (χ0) is 13.3. The quantitative estimate of drug-likeness (QED) is 0.871. The van der Waals surface area contributed by atoms with Gasteiger partial charge in [0.25, 0.3) is 0 Å². The summed E-state index contributed by atoms with van der Waals surface area (Å²) in [6, 6.07) is 6.99. The number of nitrogens with zero attached hydrogens (tertiary/aromatic N) is 1. The summed E-state index contributed by atoms with van der Waals surface area (Å²) in [4.78, 5) is 2.63. The molecule has 0 saturated carbocycles. The molecule has 0 unspecified atom stereocenters. The second kappa shape index (κ2) is 5.16. The van der Waals surface area contributed by atoms with Crippen LogP contribution in [0.3, 0.4) is 0 Å². The molecule has 19 heavy (non-hydrogen) atoms. The third kappa shape index (κ3) is 3.11. The van der Waals surface area contributed by atoms with Crippen LogP contribution in [-0.4, -0.2) is 24.5 Å². The predicted molar refractivity (Wildman–Crippen MR) is 81.5 cm³/mol. The first kappa shape index (κ1) is 13.0. The Morgan fingerprint density at radius 2 is 2.11 bits per heavy atom. The molecule has 2 aliphatic heterocycles. The Balaban J connectivity index is 1.65. The first-order chi connectivity index (χ1) is 9.12. The molecule has 0 aromatic heterocycles. The fourth-order valence-electron chi connectivity index (χ4n) is 3.33. The van der Waals surface area contributed by atoms with Crippen molar-refractivity contribution in [3.63, 3.8) is 0 Å². The molecule has 104 valence electrons. The van der Waals surface area contributed by atoms with Crippen molar-refractivity contribution < 1.29 is 0 Å². The molecule has 1 aromatic rings. The average molecular weight is 258 g/mol. The number of hydrogen-bond acceptors (Lipinski definition) is 2. The minimum absolute atomic E-state index is 0.536. The average Bonchev–Trinajstić information content (AvgIpc) is 2.76. The van der Waals surface area contributed by atoms with Crippen molar-refractivity contribution >= 4 is 5.69 Å². The van der Waals surface area contributed by atoms with Crippen LogP contribution in [0.2, 0.25) is 0 Å². The van der Waals surface area contributed by atoms with Crippen molar-refractivity contribution in [1.82, 2.24) is 4.90 Å². The maximum Gasteiger partial charge on any atom is 0.0376 e. The number of rotatable bonds is 2. The Labute approximate surface area is 117 Å². The van der Waals surface area contributed by atoms with Crippen LogP contribution >= 0.6 is 0 Å². The predicted octanol–water partition coefficient (Wildman–Crippen LogP) is 3.67. The molecule has 2 heterocycles. The lowest BCUT2D eigenvalue weighted by Gasteiger charge is -2.23. The number of benzene rings is 1. The van der Waals surface area contributed by atoms with Gasteiger partial charge in [0, 0.05) is 18.8 Å². The number of likely N-dealkylation sites (tertiary alicyclic amines) is 1. The van der Waals surface area contributed by atoms with Gasteiger partial charge in [0.05, 0.1) is 0 Å². The van der Waals surface area contributed by atoms with Crippen LogP contribution in [0.1, 0.15) is 44.2 Å². The summed E-state index contributed by atoms with van der Waals surface area (Å²) in [6.07, 6.45) is 5.23. The normalized spacial score (nSPS) is 22.6. The van der Waals surface area contributed by atoms with Crippen molar-refractivity contribution in [1.29, 1.82) is 0 Å². The van der Waals surface area contributed by atoms with E-state index in [1.165, 1.54) is 55.6 Å². The molecule has 0 amide bonds. The molecule has 0 bridgehead atoms. The summed E-state index contributed by atoms with van der Waals surface area (Å²) < 4.78 is 0. The van der Waals surface area contributed by atoms with Crippen LogP contribution in [-0.2, 0) is 13.0 Å². The van der Waals surface area contributed by atoms with Crippen LogP contribution in [0, 0.1) is 5.41 Å². The first-order valence-electron chi connectivity index (χ1n) is 7.70. The van der Waals surface area contributed by atoms with Crippen LogP contribution in [0.5, 0.6) is 0 Å². The van der Waals surface area contributed by atoms with Gasteiger partial charge < -0.3 is 5.32 Å². The van der Waals surface area contributed by atoms with Gasteiger partial charge in [-0.2, -0.15) is 0 Å². The maximum absolute atomic E-state index is 3.48. The summed E-state index contributed by atoms with van der Waals surface area (Å²) in [5, 5.41) is 3.48. The molecule has 0 aliphatic carbocycles. The molecule has 2 heteroatoms. The third-order valence-electron chi connectivity index (χ3n) is 4.72. The summed E-state index contributed by atoms with van der Waals surface area (Å²) in [5.41, 5.74) is 4.86. The van der Waals surface area contributed by atoms with Crippen LogP contribution in [0.4, 0.5) is 5.69 Å². The molecule has 1 saturated heterocycles. The summed E-state index contributed by atoms with van der Waals surface area (Å²) in [7, 11) is 0. The molecule has 1 aromatic carbocycles. The van der Waals surface area contributed by atoms with Crippen LogP contribution < -0.4 is 5.32 Å². The van der Waals surface area contributed by atoms with E-state index in [0.717, 1.165) is 13.1 Å². The van der Waals surface area contributed by atoms with Crippen molar-refractivity contribution in [3.05, 3.63) is 29.3 Å². The highest BCUT2D eigenvalue weighted by atomic mass is 15.1. The van der Waals surface area contributed by atoms with Gasteiger partial charge in [-0.15, -0.1) is 0 Å². The SMILES string of the molecule is CC1(C)CCCN(Cc2ccc3c(c2)NCC3)CC1. The van der Waals surface area contributed by atoms with E-state index in [4.69, 9.17) is 0 Å². The third-order valence-corrected chi connectivity index (χ3v) is 4.72. The number of hydrogen-bond donors (Lipinski definition) is 1. The van der Waals surface area contributed by atoms with Crippen LogP contribution in [0.25, 0.3) is 0 Å². The number of nitrogens with one attached hydrogen (secondary N) is 1. The molecular formula is C17H26N2. The van der Waals surface area contributed by atoms with Crippen molar-refractivity contribution in [2.75, 3.05) is 25.0 Å². The summed E-state index contributed by atoms with van der Waals surface area (Å²) in [6.45, 7) is 9.55. The maximum atomic E-state index is 3.48. The lowest BCUT2D eigenvalue weighted by molar-refractivity contribution is 0.256. The molecule has 0 spiro atoms. The van der Waals surface area contributed by atoms with Crippen molar-refractivity contribution in [2.45, 2.75) is 46.1 Å². The van der Waals surface area contributed by atoms with Crippen molar-refractivity contribution in [2.24, 2.45) is 5.41 Å². The highest BCUT2D eigenvalue weighted by molar-refractivity contribution is 5.57. The zero-order valence-corrected chi connectivity index (χ0v) is 12.3. The number of anilines is 1. The van der Waals surface area contributed by atoms with E-state index in [1.807, 2.05) is 0 Å². The fourth-order valence-corrected chi connectivity index (χ4v) is 3.33. The van der Waals surface area contributed by atoms with Gasteiger partial charge in [0.1, 0.15) is 0 Å². The Kier molecular flexibility index (Phi) is 3.53. The van der Waals surface area contributed by atoms with Gasteiger partial charge in [-0.1, -0.05) is 26.0 Å². The molecule has 2 nitrogen and oxygen atoms in total. The highest BCUT2D eigenvalue weighted by Crippen LogP contribution is 2.30. The Hall–Kier alpha value is -1.02. The number of fused-ring (bicyclic) bond motifs is 1. The molecule has 0 atom stereocenters. The van der Waals surface area contributed by atoms with Crippen molar-refractivity contribution in [3.8, 4) is 0 Å².